The molecule has 0 atom stereocenters. The van der Waals surface area contributed by atoms with E-state index in [1.165, 1.54) is 0 Å². The first kappa shape index (κ1) is 15.7. The Morgan fingerprint density at radius 3 is 2.67 bits per heavy atom. The fraction of sp³-hybridized carbons (Fsp3) is 0.667. The van der Waals surface area contributed by atoms with Gasteiger partial charge in [-0.2, -0.15) is 0 Å². The Morgan fingerprint density at radius 1 is 1.38 bits per heavy atom. The zero-order valence-electron chi connectivity index (χ0n) is 13.3. The normalized spacial score (nSPS) is 18.0. The lowest BCUT2D eigenvalue weighted by molar-refractivity contribution is -0.126. The maximum Gasteiger partial charge on any atom is 0.245 e. The van der Waals surface area contributed by atoms with E-state index in [2.05, 4.69) is 34.4 Å². The maximum atomic E-state index is 12.0. The van der Waals surface area contributed by atoms with Crippen molar-refractivity contribution in [2.75, 3.05) is 24.5 Å². The van der Waals surface area contributed by atoms with Gasteiger partial charge in [-0.25, -0.2) is 9.97 Å². The lowest BCUT2D eigenvalue weighted by Crippen LogP contribution is -2.62. The van der Waals surface area contributed by atoms with Crippen LogP contribution in [-0.2, 0) is 11.3 Å². The molecule has 0 aliphatic carbocycles. The SMILES string of the molecule is CC(C)CNCc1cnc(N2CCNC(=O)C2(C)C)nc1. The van der Waals surface area contributed by atoms with E-state index in [0.717, 1.165) is 25.2 Å². The first-order valence-corrected chi connectivity index (χ1v) is 7.49. The minimum atomic E-state index is -0.615. The number of rotatable bonds is 5. The van der Waals surface area contributed by atoms with Gasteiger partial charge in [-0.3, -0.25) is 4.79 Å². The lowest BCUT2D eigenvalue weighted by Gasteiger charge is -2.41. The predicted octanol–water partition coefficient (Wildman–Crippen LogP) is 0.937. The van der Waals surface area contributed by atoms with Crippen molar-refractivity contribution in [1.29, 1.82) is 0 Å². The summed E-state index contributed by atoms with van der Waals surface area (Å²) in [5, 5.41) is 6.24. The smallest absolute Gasteiger partial charge is 0.245 e. The van der Waals surface area contributed by atoms with Gasteiger partial charge < -0.3 is 15.5 Å². The maximum absolute atomic E-state index is 12.0. The number of carbonyl (C=O) groups is 1. The number of hydrogen-bond acceptors (Lipinski definition) is 5. The number of anilines is 1. The quantitative estimate of drug-likeness (QED) is 0.845. The summed E-state index contributed by atoms with van der Waals surface area (Å²) in [5.41, 5.74) is 0.439. The van der Waals surface area contributed by atoms with Crippen molar-refractivity contribution in [2.24, 2.45) is 5.92 Å². The summed E-state index contributed by atoms with van der Waals surface area (Å²) in [6.07, 6.45) is 3.66. The van der Waals surface area contributed by atoms with Crippen molar-refractivity contribution >= 4 is 11.9 Å². The Morgan fingerprint density at radius 2 is 2.05 bits per heavy atom. The molecule has 6 heteroatoms. The third-order valence-electron chi connectivity index (χ3n) is 3.67. The van der Waals surface area contributed by atoms with Gasteiger partial charge in [0.05, 0.1) is 0 Å². The molecule has 1 aliphatic rings. The van der Waals surface area contributed by atoms with Crippen molar-refractivity contribution in [3.8, 4) is 0 Å². The van der Waals surface area contributed by atoms with Gasteiger partial charge in [0.1, 0.15) is 5.54 Å². The molecule has 1 fully saturated rings. The van der Waals surface area contributed by atoms with Gasteiger partial charge in [-0.05, 0) is 26.3 Å². The van der Waals surface area contributed by atoms with Crippen LogP contribution in [0.3, 0.4) is 0 Å². The second kappa shape index (κ2) is 6.39. The molecule has 0 saturated carbocycles. The molecule has 1 aromatic heterocycles. The molecule has 2 heterocycles. The van der Waals surface area contributed by atoms with Crippen molar-refractivity contribution in [3.05, 3.63) is 18.0 Å². The fourth-order valence-corrected chi connectivity index (χ4v) is 2.33. The van der Waals surface area contributed by atoms with Crippen LogP contribution in [0.5, 0.6) is 0 Å². The summed E-state index contributed by atoms with van der Waals surface area (Å²) in [6, 6.07) is 0. The average molecular weight is 291 g/mol. The van der Waals surface area contributed by atoms with Crippen molar-refractivity contribution in [1.82, 2.24) is 20.6 Å². The minimum absolute atomic E-state index is 0.0139. The standard InChI is InChI=1S/C15H25N5O/c1-11(2)7-16-8-12-9-18-14(19-10-12)20-6-5-17-13(21)15(20,3)4/h9-11,16H,5-8H2,1-4H3,(H,17,21). The van der Waals surface area contributed by atoms with E-state index >= 15 is 0 Å². The summed E-state index contributed by atoms with van der Waals surface area (Å²) >= 11 is 0. The van der Waals surface area contributed by atoms with E-state index in [0.29, 0.717) is 18.4 Å². The number of amides is 1. The van der Waals surface area contributed by atoms with Crippen LogP contribution in [0.2, 0.25) is 0 Å². The van der Waals surface area contributed by atoms with Gasteiger partial charge in [0.15, 0.2) is 0 Å². The van der Waals surface area contributed by atoms with E-state index in [1.807, 2.05) is 31.1 Å². The van der Waals surface area contributed by atoms with Crippen LogP contribution in [0.25, 0.3) is 0 Å². The molecule has 116 valence electrons. The number of nitrogens with zero attached hydrogens (tertiary/aromatic N) is 3. The van der Waals surface area contributed by atoms with Crippen LogP contribution >= 0.6 is 0 Å². The number of hydrogen-bond donors (Lipinski definition) is 2. The Labute approximate surface area is 126 Å². The van der Waals surface area contributed by atoms with Crippen molar-refractivity contribution in [3.63, 3.8) is 0 Å². The minimum Gasteiger partial charge on any atom is -0.352 e. The van der Waals surface area contributed by atoms with Crippen LogP contribution in [0.15, 0.2) is 12.4 Å². The molecule has 1 aliphatic heterocycles. The van der Waals surface area contributed by atoms with Gasteiger partial charge in [0.2, 0.25) is 11.9 Å². The highest BCUT2D eigenvalue weighted by Gasteiger charge is 2.38. The predicted molar refractivity (Wildman–Crippen MR) is 83.0 cm³/mol. The summed E-state index contributed by atoms with van der Waals surface area (Å²) in [7, 11) is 0. The zero-order chi connectivity index (χ0) is 15.5. The van der Waals surface area contributed by atoms with Gasteiger partial charge in [0.25, 0.3) is 0 Å². The molecule has 0 aromatic carbocycles. The van der Waals surface area contributed by atoms with Crippen LogP contribution in [0.4, 0.5) is 5.95 Å². The zero-order valence-corrected chi connectivity index (χ0v) is 13.3. The second-order valence-corrected chi connectivity index (χ2v) is 6.38. The molecule has 2 N–H and O–H groups in total. The van der Waals surface area contributed by atoms with E-state index in [1.54, 1.807) is 0 Å². The number of aromatic nitrogens is 2. The molecule has 1 aromatic rings. The summed E-state index contributed by atoms with van der Waals surface area (Å²) < 4.78 is 0. The Balaban J connectivity index is 2.03. The third kappa shape index (κ3) is 3.69. The average Bonchev–Trinajstić information content (AvgIpc) is 2.42. The first-order chi connectivity index (χ1) is 9.91. The molecule has 0 radical (unpaired) electrons. The number of nitrogens with one attached hydrogen (secondary N) is 2. The molecule has 21 heavy (non-hydrogen) atoms. The molecule has 0 unspecified atom stereocenters. The number of carbonyl (C=O) groups excluding carboxylic acids is 1. The Hall–Kier alpha value is -1.69. The van der Waals surface area contributed by atoms with E-state index < -0.39 is 5.54 Å². The molecule has 2 rings (SSSR count). The van der Waals surface area contributed by atoms with Crippen molar-refractivity contribution < 1.29 is 4.79 Å². The third-order valence-corrected chi connectivity index (χ3v) is 3.67. The highest BCUT2D eigenvalue weighted by molar-refractivity contribution is 5.89. The summed E-state index contributed by atoms with van der Waals surface area (Å²) in [4.78, 5) is 22.8. The van der Waals surface area contributed by atoms with E-state index in [-0.39, 0.29) is 5.91 Å². The van der Waals surface area contributed by atoms with Crippen LogP contribution < -0.4 is 15.5 Å². The van der Waals surface area contributed by atoms with E-state index in [4.69, 9.17) is 0 Å². The highest BCUT2D eigenvalue weighted by Crippen LogP contribution is 2.22. The summed E-state index contributed by atoms with van der Waals surface area (Å²) in [6.45, 7) is 11.2. The van der Waals surface area contributed by atoms with E-state index in [9.17, 15) is 4.79 Å². The van der Waals surface area contributed by atoms with Crippen LogP contribution in [0, 0.1) is 5.92 Å². The van der Waals surface area contributed by atoms with Gasteiger partial charge >= 0.3 is 0 Å². The van der Waals surface area contributed by atoms with Crippen molar-refractivity contribution in [2.45, 2.75) is 39.8 Å². The fourth-order valence-electron chi connectivity index (χ4n) is 2.33. The van der Waals surface area contributed by atoms with Gasteiger partial charge in [-0.1, -0.05) is 13.8 Å². The highest BCUT2D eigenvalue weighted by atomic mass is 16.2. The lowest BCUT2D eigenvalue weighted by atomic mass is 9.99. The number of piperazine rings is 1. The monoisotopic (exact) mass is 291 g/mol. The molecule has 0 bridgehead atoms. The van der Waals surface area contributed by atoms with Crippen LogP contribution in [-0.4, -0.2) is 41.0 Å². The molecule has 1 amide bonds. The Kier molecular flexibility index (Phi) is 4.77. The van der Waals surface area contributed by atoms with Crippen LogP contribution in [0.1, 0.15) is 33.3 Å². The molecular weight excluding hydrogens is 266 g/mol. The topological polar surface area (TPSA) is 70.2 Å². The first-order valence-electron chi connectivity index (χ1n) is 7.49. The van der Waals surface area contributed by atoms with Gasteiger partial charge in [0, 0.05) is 37.6 Å². The molecule has 1 saturated heterocycles. The summed E-state index contributed by atoms with van der Waals surface area (Å²) in [5.74, 6) is 1.25. The second-order valence-electron chi connectivity index (χ2n) is 6.38. The Bertz CT molecular complexity index is 483. The largest absolute Gasteiger partial charge is 0.352 e. The molecule has 0 spiro atoms. The molecule has 6 nitrogen and oxygen atoms in total. The van der Waals surface area contributed by atoms with Gasteiger partial charge in [-0.15, -0.1) is 0 Å². The molecular formula is C15H25N5O.